The maximum atomic E-state index is 10.4. The molecule has 1 N–H and O–H groups in total. The van der Waals surface area contributed by atoms with Crippen molar-refractivity contribution in [1.29, 1.82) is 0 Å². The Kier molecular flexibility index (Phi) is 3.20. The van der Waals surface area contributed by atoms with Gasteiger partial charge in [0.2, 0.25) is 0 Å². The lowest BCUT2D eigenvalue weighted by molar-refractivity contribution is 0.269. The second-order valence-electron chi connectivity index (χ2n) is 2.02. The first kappa shape index (κ1) is 9.65. The Bertz CT molecular complexity index is 314. The third kappa shape index (κ3) is 2.55. The molecule has 0 heterocycles. The Morgan fingerprint density at radius 3 is 2.58 bits per heavy atom. The van der Waals surface area contributed by atoms with Crippen molar-refractivity contribution in [2.24, 2.45) is 0 Å². The molecular formula is C7H4Cl3NO. The summed E-state index contributed by atoms with van der Waals surface area (Å²) in [5, 5.41) is 2.51. The van der Waals surface area contributed by atoms with Crippen LogP contribution in [0, 0.1) is 0 Å². The molecular weight excluding hydrogens is 220 g/mol. The lowest BCUT2D eigenvalue weighted by Gasteiger charge is -2.02. The summed E-state index contributed by atoms with van der Waals surface area (Å²) in [5.74, 6) is 0. The van der Waals surface area contributed by atoms with Gasteiger partial charge in [-0.25, -0.2) is 0 Å². The third-order valence-corrected chi connectivity index (χ3v) is 1.82. The van der Waals surface area contributed by atoms with Crippen LogP contribution < -0.4 is 5.32 Å². The molecule has 12 heavy (non-hydrogen) atoms. The number of nitrogens with one attached hydrogen (secondary N) is 1. The monoisotopic (exact) mass is 223 g/mol. The Morgan fingerprint density at radius 1 is 1.33 bits per heavy atom. The summed E-state index contributed by atoms with van der Waals surface area (Å²) in [5.41, 5.74) is 0.407. The molecule has 2 nitrogen and oxygen atoms in total. The maximum Gasteiger partial charge on any atom is 0.318 e. The van der Waals surface area contributed by atoms with E-state index in [0.29, 0.717) is 15.7 Å². The molecule has 1 aromatic carbocycles. The number of rotatable bonds is 1. The molecule has 1 rings (SSSR count). The molecule has 0 saturated heterocycles. The summed E-state index contributed by atoms with van der Waals surface area (Å²) in [6, 6.07) is 4.71. The summed E-state index contributed by atoms with van der Waals surface area (Å²) in [6.07, 6.45) is 0. The van der Waals surface area contributed by atoms with Crippen molar-refractivity contribution in [3.05, 3.63) is 28.2 Å². The first-order valence-electron chi connectivity index (χ1n) is 3.01. The van der Waals surface area contributed by atoms with Crippen molar-refractivity contribution < 1.29 is 4.79 Å². The van der Waals surface area contributed by atoms with Crippen molar-refractivity contribution in [2.75, 3.05) is 5.32 Å². The summed E-state index contributed by atoms with van der Waals surface area (Å²) < 4.78 is 0. The van der Waals surface area contributed by atoms with Crippen LogP contribution in [0.3, 0.4) is 0 Å². The van der Waals surface area contributed by atoms with E-state index in [4.69, 9.17) is 34.8 Å². The molecule has 0 aromatic heterocycles. The average Bonchev–Trinajstić information content (AvgIpc) is 1.96. The fourth-order valence-corrected chi connectivity index (χ4v) is 1.14. The van der Waals surface area contributed by atoms with E-state index in [9.17, 15) is 4.79 Å². The Morgan fingerprint density at radius 2 is 2.00 bits per heavy atom. The van der Waals surface area contributed by atoms with Gasteiger partial charge in [-0.15, -0.1) is 0 Å². The zero-order valence-corrected chi connectivity index (χ0v) is 8.04. The number of benzene rings is 1. The normalized spacial score (nSPS) is 9.58. The molecule has 0 aliphatic rings. The third-order valence-electron chi connectivity index (χ3n) is 1.16. The van der Waals surface area contributed by atoms with E-state index in [2.05, 4.69) is 5.32 Å². The van der Waals surface area contributed by atoms with Crippen LogP contribution in [0.1, 0.15) is 0 Å². The highest BCUT2D eigenvalue weighted by Crippen LogP contribution is 2.25. The van der Waals surface area contributed by atoms with Gasteiger partial charge in [0.15, 0.2) is 0 Å². The van der Waals surface area contributed by atoms with Gasteiger partial charge in [-0.05, 0) is 29.8 Å². The molecule has 0 saturated carbocycles. The van der Waals surface area contributed by atoms with Gasteiger partial charge in [0.25, 0.3) is 0 Å². The average molecular weight is 224 g/mol. The molecule has 1 aromatic rings. The van der Waals surface area contributed by atoms with Crippen LogP contribution in [0.5, 0.6) is 0 Å². The lowest BCUT2D eigenvalue weighted by atomic mass is 10.3. The number of hydrogen-bond donors (Lipinski definition) is 1. The number of carbonyl (C=O) groups excluding carboxylic acids is 1. The van der Waals surface area contributed by atoms with E-state index in [1.807, 2.05) is 0 Å². The van der Waals surface area contributed by atoms with Gasteiger partial charge in [-0.2, -0.15) is 0 Å². The quantitative estimate of drug-likeness (QED) is 0.571. The molecule has 5 heteroatoms. The number of hydrogen-bond acceptors (Lipinski definition) is 1. The standard InChI is InChI=1S/C7H4Cl3NO/c8-4-1-2-5(9)6(3-4)11-7(10)12/h1-3H,(H,11,12). The van der Waals surface area contributed by atoms with Crippen LogP contribution in [-0.4, -0.2) is 5.37 Å². The summed E-state index contributed by atoms with van der Waals surface area (Å²) in [6.45, 7) is 0. The minimum Gasteiger partial charge on any atom is -0.311 e. The summed E-state index contributed by atoms with van der Waals surface area (Å²) in [4.78, 5) is 10.4. The molecule has 64 valence electrons. The topological polar surface area (TPSA) is 29.1 Å². The van der Waals surface area contributed by atoms with E-state index in [1.165, 1.54) is 6.07 Å². The second-order valence-corrected chi connectivity index (χ2v) is 3.21. The van der Waals surface area contributed by atoms with Gasteiger partial charge >= 0.3 is 5.37 Å². The van der Waals surface area contributed by atoms with E-state index >= 15 is 0 Å². The molecule has 0 aliphatic heterocycles. The van der Waals surface area contributed by atoms with Gasteiger partial charge in [0.1, 0.15) is 0 Å². The van der Waals surface area contributed by atoms with Gasteiger partial charge in [-0.3, -0.25) is 4.79 Å². The molecule has 0 bridgehead atoms. The predicted molar refractivity (Wildman–Crippen MR) is 51.3 cm³/mol. The molecule has 0 aliphatic carbocycles. The van der Waals surface area contributed by atoms with Gasteiger partial charge in [0, 0.05) is 5.02 Å². The fourth-order valence-electron chi connectivity index (χ4n) is 0.699. The van der Waals surface area contributed by atoms with E-state index in [1.54, 1.807) is 12.1 Å². The first-order valence-corrected chi connectivity index (χ1v) is 4.14. The zero-order chi connectivity index (χ0) is 9.14. The van der Waals surface area contributed by atoms with Crippen molar-refractivity contribution in [1.82, 2.24) is 0 Å². The van der Waals surface area contributed by atoms with Crippen LogP contribution in [0.15, 0.2) is 18.2 Å². The Labute approximate surface area is 84.4 Å². The van der Waals surface area contributed by atoms with Crippen LogP contribution >= 0.6 is 34.8 Å². The molecule has 1 amide bonds. The summed E-state index contributed by atoms with van der Waals surface area (Å²) in [7, 11) is 0. The Hall–Kier alpha value is -0.440. The largest absolute Gasteiger partial charge is 0.318 e. The highest BCUT2D eigenvalue weighted by Gasteiger charge is 2.02. The SMILES string of the molecule is O=C(Cl)Nc1cc(Cl)ccc1Cl. The van der Waals surface area contributed by atoms with Gasteiger partial charge in [-0.1, -0.05) is 23.2 Å². The van der Waals surface area contributed by atoms with Crippen molar-refractivity contribution in [3.8, 4) is 0 Å². The Balaban J connectivity index is 2.97. The van der Waals surface area contributed by atoms with Crippen LogP contribution in [0.2, 0.25) is 10.0 Å². The second kappa shape index (κ2) is 3.99. The lowest BCUT2D eigenvalue weighted by Crippen LogP contribution is -2.01. The zero-order valence-electron chi connectivity index (χ0n) is 5.77. The van der Waals surface area contributed by atoms with Crippen molar-refractivity contribution >= 4 is 45.9 Å². The van der Waals surface area contributed by atoms with E-state index in [0.717, 1.165) is 0 Å². The highest BCUT2D eigenvalue weighted by molar-refractivity contribution is 6.66. The predicted octanol–water partition coefficient (Wildman–Crippen LogP) is 3.76. The molecule has 0 radical (unpaired) electrons. The minimum atomic E-state index is -0.695. The number of halogens is 3. The van der Waals surface area contributed by atoms with Gasteiger partial charge < -0.3 is 5.32 Å². The maximum absolute atomic E-state index is 10.4. The van der Waals surface area contributed by atoms with E-state index < -0.39 is 5.37 Å². The van der Waals surface area contributed by atoms with Crippen LogP contribution in [0.25, 0.3) is 0 Å². The number of amides is 1. The van der Waals surface area contributed by atoms with Crippen molar-refractivity contribution in [3.63, 3.8) is 0 Å². The molecule has 0 unspecified atom stereocenters. The molecule has 0 atom stereocenters. The minimum absolute atomic E-state index is 0.397. The molecule has 0 fully saturated rings. The molecule has 0 spiro atoms. The number of anilines is 1. The highest BCUT2D eigenvalue weighted by atomic mass is 35.5. The van der Waals surface area contributed by atoms with E-state index in [-0.39, 0.29) is 0 Å². The van der Waals surface area contributed by atoms with Crippen LogP contribution in [-0.2, 0) is 0 Å². The fraction of sp³-hybridized carbons (Fsp3) is 0. The smallest absolute Gasteiger partial charge is 0.311 e. The summed E-state index contributed by atoms with van der Waals surface area (Å²) >= 11 is 16.4. The van der Waals surface area contributed by atoms with Gasteiger partial charge in [0.05, 0.1) is 10.7 Å². The number of carbonyl (C=O) groups is 1. The van der Waals surface area contributed by atoms with Crippen LogP contribution in [0.4, 0.5) is 10.5 Å². The van der Waals surface area contributed by atoms with Crippen molar-refractivity contribution in [2.45, 2.75) is 0 Å². The first-order chi connectivity index (χ1) is 5.59.